The minimum atomic E-state index is -0.449. The normalized spacial score (nSPS) is 10.4. The molecule has 1 heterocycles. The molecule has 2 amide bonds. The van der Waals surface area contributed by atoms with Crippen LogP contribution >= 0.6 is 11.3 Å². The van der Waals surface area contributed by atoms with Crippen LogP contribution in [0.25, 0.3) is 10.1 Å². The number of thiophene rings is 1. The number of nitrogens with one attached hydrogen (secondary N) is 2. The second-order valence-electron chi connectivity index (χ2n) is 5.71. The number of hydrogen-bond donors (Lipinski definition) is 2. The van der Waals surface area contributed by atoms with Gasteiger partial charge in [-0.1, -0.05) is 6.07 Å². The summed E-state index contributed by atoms with van der Waals surface area (Å²) in [6.45, 7) is 2.25. The number of esters is 1. The summed E-state index contributed by atoms with van der Waals surface area (Å²) in [6, 6.07) is 12.0. The molecule has 0 aliphatic heterocycles. The fourth-order valence-corrected chi connectivity index (χ4v) is 3.71. The van der Waals surface area contributed by atoms with Crippen LogP contribution in [0.5, 0.6) is 11.5 Å². The first-order valence-corrected chi connectivity index (χ1v) is 9.37. The van der Waals surface area contributed by atoms with Crippen LogP contribution in [0.15, 0.2) is 42.5 Å². The van der Waals surface area contributed by atoms with Crippen molar-refractivity contribution in [1.82, 2.24) is 0 Å². The van der Waals surface area contributed by atoms with Gasteiger partial charge in [0.25, 0.3) is 0 Å². The van der Waals surface area contributed by atoms with Gasteiger partial charge in [-0.2, -0.15) is 0 Å². The number of hydrogen-bond acceptors (Lipinski definition) is 6. The minimum absolute atomic E-state index is 0.394. The highest BCUT2D eigenvalue weighted by molar-refractivity contribution is 7.21. The maximum absolute atomic E-state index is 12.3. The largest absolute Gasteiger partial charge is 0.497 e. The molecule has 0 aliphatic carbocycles. The number of carbonyl (C=O) groups excluding carboxylic acids is 2. The first-order valence-electron chi connectivity index (χ1n) is 8.55. The van der Waals surface area contributed by atoms with Gasteiger partial charge in [-0.05, 0) is 37.3 Å². The van der Waals surface area contributed by atoms with E-state index in [0.717, 1.165) is 10.1 Å². The van der Waals surface area contributed by atoms with E-state index in [-0.39, 0.29) is 0 Å². The van der Waals surface area contributed by atoms with Crippen LogP contribution in [-0.2, 0) is 4.74 Å². The summed E-state index contributed by atoms with van der Waals surface area (Å²) in [5.74, 6) is 0.662. The summed E-state index contributed by atoms with van der Waals surface area (Å²) in [5, 5.41) is 6.28. The quantitative estimate of drug-likeness (QED) is 0.584. The molecule has 8 heteroatoms. The molecule has 3 aromatic rings. The molecule has 1 aromatic heterocycles. The fraction of sp³-hybridized carbons (Fsp3) is 0.200. The van der Waals surface area contributed by atoms with Gasteiger partial charge in [0.15, 0.2) is 10.6 Å². The number of urea groups is 1. The number of carbonyl (C=O) groups is 2. The van der Waals surface area contributed by atoms with Crippen molar-refractivity contribution in [1.29, 1.82) is 0 Å². The third kappa shape index (κ3) is 4.17. The van der Waals surface area contributed by atoms with E-state index in [0.29, 0.717) is 34.4 Å². The lowest BCUT2D eigenvalue weighted by Crippen LogP contribution is -2.19. The number of methoxy groups -OCH3 is 2. The Labute approximate surface area is 166 Å². The highest BCUT2D eigenvalue weighted by atomic mass is 32.1. The van der Waals surface area contributed by atoms with E-state index < -0.39 is 12.0 Å². The van der Waals surface area contributed by atoms with Crippen LogP contribution < -0.4 is 20.1 Å². The maximum Gasteiger partial charge on any atom is 0.351 e. The summed E-state index contributed by atoms with van der Waals surface area (Å²) in [7, 11) is 2.89. The van der Waals surface area contributed by atoms with Gasteiger partial charge in [-0.3, -0.25) is 0 Å². The van der Waals surface area contributed by atoms with Crippen molar-refractivity contribution in [3.8, 4) is 11.5 Å². The number of rotatable bonds is 6. The molecule has 146 valence electrons. The smallest absolute Gasteiger partial charge is 0.351 e. The first-order chi connectivity index (χ1) is 13.5. The minimum Gasteiger partial charge on any atom is -0.497 e. The lowest BCUT2D eigenvalue weighted by atomic mass is 10.2. The zero-order chi connectivity index (χ0) is 20.1. The van der Waals surface area contributed by atoms with Gasteiger partial charge >= 0.3 is 12.0 Å². The van der Waals surface area contributed by atoms with Gasteiger partial charge in [0, 0.05) is 27.5 Å². The summed E-state index contributed by atoms with van der Waals surface area (Å²) >= 11 is 1.29. The number of amides is 2. The monoisotopic (exact) mass is 400 g/mol. The molecule has 2 aromatic carbocycles. The lowest BCUT2D eigenvalue weighted by Gasteiger charge is -2.09. The highest BCUT2D eigenvalue weighted by Gasteiger charge is 2.21. The van der Waals surface area contributed by atoms with E-state index >= 15 is 0 Å². The maximum atomic E-state index is 12.3. The van der Waals surface area contributed by atoms with E-state index in [1.165, 1.54) is 18.4 Å². The Balaban J connectivity index is 1.83. The molecule has 7 nitrogen and oxygen atoms in total. The van der Waals surface area contributed by atoms with Crippen LogP contribution in [0.1, 0.15) is 16.6 Å². The van der Waals surface area contributed by atoms with Crippen molar-refractivity contribution in [2.75, 3.05) is 31.5 Å². The van der Waals surface area contributed by atoms with Gasteiger partial charge in [-0.25, -0.2) is 9.59 Å². The van der Waals surface area contributed by atoms with Crippen LogP contribution in [0, 0.1) is 0 Å². The molecule has 0 saturated heterocycles. The number of ether oxygens (including phenoxy) is 3. The average Bonchev–Trinajstić information content (AvgIpc) is 3.05. The second-order valence-corrected chi connectivity index (χ2v) is 6.76. The number of anilines is 2. The predicted octanol–water partition coefficient (Wildman–Crippen LogP) is 4.74. The summed E-state index contributed by atoms with van der Waals surface area (Å²) in [6.07, 6.45) is 0. The Morgan fingerprint density at radius 3 is 2.46 bits per heavy atom. The summed E-state index contributed by atoms with van der Waals surface area (Å²) in [5.41, 5.74) is 1.18. The zero-order valence-electron chi connectivity index (χ0n) is 15.7. The molecule has 2 N–H and O–H groups in total. The fourth-order valence-electron chi connectivity index (χ4n) is 2.66. The standard InChI is InChI=1S/C20H20N2O5S/c1-4-27-17-15-11-13(8-9-16(15)28-18(17)19(23)26-3)22-20(24)21-12-6-5-7-14(10-12)25-2/h5-11H,4H2,1-3H3,(H2,21,22,24). The highest BCUT2D eigenvalue weighted by Crippen LogP contribution is 2.39. The Kier molecular flexibility index (Phi) is 6.00. The lowest BCUT2D eigenvalue weighted by molar-refractivity contribution is 0.0602. The molecule has 3 rings (SSSR count). The molecule has 0 unspecified atom stereocenters. The van der Waals surface area contributed by atoms with Crippen molar-refractivity contribution in [3.63, 3.8) is 0 Å². The summed E-state index contributed by atoms with van der Waals surface area (Å²) in [4.78, 5) is 24.7. The molecular weight excluding hydrogens is 380 g/mol. The predicted molar refractivity (Wildman–Crippen MR) is 110 cm³/mol. The second kappa shape index (κ2) is 8.62. The van der Waals surface area contributed by atoms with E-state index in [1.807, 2.05) is 13.0 Å². The van der Waals surface area contributed by atoms with Crippen molar-refractivity contribution < 1.29 is 23.8 Å². The van der Waals surface area contributed by atoms with Crippen molar-refractivity contribution in [3.05, 3.63) is 47.3 Å². The molecule has 0 radical (unpaired) electrons. The molecule has 0 spiro atoms. The third-order valence-electron chi connectivity index (χ3n) is 3.89. The van der Waals surface area contributed by atoms with Gasteiger partial charge in [0.1, 0.15) is 5.75 Å². The molecular formula is C20H20N2O5S. The van der Waals surface area contributed by atoms with Gasteiger partial charge < -0.3 is 24.8 Å². The first kappa shape index (κ1) is 19.5. The molecule has 0 atom stereocenters. The van der Waals surface area contributed by atoms with E-state index in [1.54, 1.807) is 43.5 Å². The Hall–Kier alpha value is -3.26. The van der Waals surface area contributed by atoms with Crippen LogP contribution in [0.4, 0.5) is 16.2 Å². The van der Waals surface area contributed by atoms with E-state index in [9.17, 15) is 9.59 Å². The molecule has 0 saturated carbocycles. The van der Waals surface area contributed by atoms with E-state index in [2.05, 4.69) is 10.6 Å². The Morgan fingerprint density at radius 2 is 1.79 bits per heavy atom. The molecule has 28 heavy (non-hydrogen) atoms. The van der Waals surface area contributed by atoms with Crippen molar-refractivity contribution in [2.24, 2.45) is 0 Å². The Morgan fingerprint density at radius 1 is 1.04 bits per heavy atom. The van der Waals surface area contributed by atoms with Crippen LogP contribution in [0.2, 0.25) is 0 Å². The number of fused-ring (bicyclic) bond motifs is 1. The average molecular weight is 400 g/mol. The summed E-state index contributed by atoms with van der Waals surface area (Å²) < 4.78 is 16.5. The van der Waals surface area contributed by atoms with Gasteiger partial charge in [-0.15, -0.1) is 11.3 Å². The van der Waals surface area contributed by atoms with Crippen LogP contribution in [-0.4, -0.2) is 32.8 Å². The number of benzene rings is 2. The van der Waals surface area contributed by atoms with E-state index in [4.69, 9.17) is 14.2 Å². The Bertz CT molecular complexity index is 1010. The zero-order valence-corrected chi connectivity index (χ0v) is 16.5. The molecule has 0 aliphatic rings. The molecule has 0 fully saturated rings. The van der Waals surface area contributed by atoms with Crippen LogP contribution in [0.3, 0.4) is 0 Å². The van der Waals surface area contributed by atoms with Gasteiger partial charge in [0.2, 0.25) is 0 Å². The van der Waals surface area contributed by atoms with Crippen molar-refractivity contribution >= 4 is 44.8 Å². The van der Waals surface area contributed by atoms with Crippen molar-refractivity contribution in [2.45, 2.75) is 6.92 Å². The van der Waals surface area contributed by atoms with Gasteiger partial charge in [0.05, 0.1) is 20.8 Å². The molecule has 0 bridgehead atoms. The SMILES string of the molecule is CCOc1c(C(=O)OC)sc2ccc(NC(=O)Nc3cccc(OC)c3)cc12. The third-order valence-corrected chi connectivity index (χ3v) is 5.02. The topological polar surface area (TPSA) is 85.9 Å².